The molecular weight excluding hydrogens is 241 g/mol. The Morgan fingerprint density at radius 1 is 0.944 bits per heavy atom. The lowest BCUT2D eigenvalue weighted by Crippen LogP contribution is -1.99. The van der Waals surface area contributed by atoms with E-state index in [1.807, 2.05) is 0 Å². The molecule has 0 aromatic heterocycles. The lowest BCUT2D eigenvalue weighted by molar-refractivity contribution is 0.301. The molecule has 0 atom stereocenters. The molecule has 0 saturated heterocycles. The molecule has 0 unspecified atom stereocenters. The first-order valence-corrected chi connectivity index (χ1v) is 5.39. The fourth-order valence-corrected chi connectivity index (χ4v) is 1.52. The first-order valence-electron chi connectivity index (χ1n) is 5.39. The molecule has 18 heavy (non-hydrogen) atoms. The van der Waals surface area contributed by atoms with Crippen molar-refractivity contribution in [3.8, 4) is 5.75 Å². The van der Waals surface area contributed by atoms with Crippen molar-refractivity contribution in [1.29, 1.82) is 0 Å². The van der Waals surface area contributed by atoms with E-state index in [1.165, 1.54) is 18.2 Å². The van der Waals surface area contributed by atoms with E-state index in [1.54, 1.807) is 13.0 Å². The quantitative estimate of drug-likeness (QED) is 0.802. The zero-order chi connectivity index (χ0) is 13.1. The van der Waals surface area contributed by atoms with Gasteiger partial charge in [0.1, 0.15) is 18.2 Å². The molecule has 0 spiro atoms. The third-order valence-electron chi connectivity index (χ3n) is 2.53. The van der Waals surface area contributed by atoms with Gasteiger partial charge in [-0.2, -0.15) is 0 Å². The van der Waals surface area contributed by atoms with Gasteiger partial charge in [-0.25, -0.2) is 13.2 Å². The summed E-state index contributed by atoms with van der Waals surface area (Å²) in [5, 5.41) is 0. The van der Waals surface area contributed by atoms with Crippen molar-refractivity contribution in [2.45, 2.75) is 13.5 Å². The molecule has 0 fully saturated rings. The lowest BCUT2D eigenvalue weighted by atomic mass is 10.2. The topological polar surface area (TPSA) is 9.23 Å². The minimum absolute atomic E-state index is 0.0570. The largest absolute Gasteiger partial charge is 0.489 e. The van der Waals surface area contributed by atoms with Crippen molar-refractivity contribution in [2.75, 3.05) is 0 Å². The van der Waals surface area contributed by atoms with Gasteiger partial charge in [-0.1, -0.05) is 12.1 Å². The van der Waals surface area contributed by atoms with E-state index in [0.717, 1.165) is 17.7 Å². The molecule has 0 amide bonds. The molecule has 0 N–H and O–H groups in total. The molecule has 0 radical (unpaired) electrons. The smallest absolute Gasteiger partial charge is 0.159 e. The second-order valence-corrected chi connectivity index (χ2v) is 3.95. The summed E-state index contributed by atoms with van der Waals surface area (Å²) in [4.78, 5) is 0. The molecule has 1 nitrogen and oxygen atoms in total. The van der Waals surface area contributed by atoms with Crippen LogP contribution >= 0.6 is 0 Å². The van der Waals surface area contributed by atoms with Crippen LogP contribution in [0.2, 0.25) is 0 Å². The normalized spacial score (nSPS) is 10.4. The van der Waals surface area contributed by atoms with Crippen LogP contribution < -0.4 is 4.74 Å². The molecule has 4 heteroatoms. The predicted molar refractivity (Wildman–Crippen MR) is 61.8 cm³/mol. The number of hydrogen-bond donors (Lipinski definition) is 0. The van der Waals surface area contributed by atoms with Crippen LogP contribution in [0.5, 0.6) is 5.75 Å². The van der Waals surface area contributed by atoms with Gasteiger partial charge in [-0.3, -0.25) is 0 Å². The van der Waals surface area contributed by atoms with Crippen LogP contribution in [-0.2, 0) is 6.61 Å². The van der Waals surface area contributed by atoms with Gasteiger partial charge in [0, 0.05) is 6.07 Å². The SMILES string of the molecule is Cc1ccc(F)cc1OCc1ccc(F)c(F)c1. The summed E-state index contributed by atoms with van der Waals surface area (Å²) in [5.41, 5.74) is 1.26. The molecule has 0 aliphatic carbocycles. The fourth-order valence-electron chi connectivity index (χ4n) is 1.52. The molecule has 0 heterocycles. The highest BCUT2D eigenvalue weighted by Crippen LogP contribution is 2.20. The highest BCUT2D eigenvalue weighted by atomic mass is 19.2. The molecule has 0 bridgehead atoms. The van der Waals surface area contributed by atoms with E-state index in [2.05, 4.69) is 0 Å². The van der Waals surface area contributed by atoms with Crippen LogP contribution in [0, 0.1) is 24.4 Å². The van der Waals surface area contributed by atoms with Gasteiger partial charge in [-0.05, 0) is 36.2 Å². The maximum absolute atomic E-state index is 13.0. The van der Waals surface area contributed by atoms with Crippen LogP contribution in [0.25, 0.3) is 0 Å². The Kier molecular flexibility index (Phi) is 3.55. The minimum Gasteiger partial charge on any atom is -0.489 e. The average Bonchev–Trinajstić information content (AvgIpc) is 2.34. The van der Waals surface area contributed by atoms with Gasteiger partial charge in [-0.15, -0.1) is 0 Å². The lowest BCUT2D eigenvalue weighted by Gasteiger charge is -2.09. The maximum atomic E-state index is 13.0. The number of benzene rings is 2. The van der Waals surface area contributed by atoms with Gasteiger partial charge in [0.15, 0.2) is 11.6 Å². The molecule has 0 aliphatic heterocycles. The van der Waals surface area contributed by atoms with Gasteiger partial charge in [0.25, 0.3) is 0 Å². The summed E-state index contributed by atoms with van der Waals surface area (Å²) in [7, 11) is 0. The summed E-state index contributed by atoms with van der Waals surface area (Å²) in [6.07, 6.45) is 0. The van der Waals surface area contributed by atoms with E-state index < -0.39 is 17.5 Å². The number of ether oxygens (including phenoxy) is 1. The second-order valence-electron chi connectivity index (χ2n) is 3.95. The van der Waals surface area contributed by atoms with Gasteiger partial charge < -0.3 is 4.74 Å². The van der Waals surface area contributed by atoms with E-state index in [0.29, 0.717) is 11.3 Å². The van der Waals surface area contributed by atoms with Crippen LogP contribution in [0.15, 0.2) is 36.4 Å². The van der Waals surface area contributed by atoms with Crippen molar-refractivity contribution in [1.82, 2.24) is 0 Å². The molecule has 0 aliphatic rings. The molecule has 0 saturated carbocycles. The highest BCUT2D eigenvalue weighted by molar-refractivity contribution is 5.33. The fraction of sp³-hybridized carbons (Fsp3) is 0.143. The zero-order valence-electron chi connectivity index (χ0n) is 9.71. The first kappa shape index (κ1) is 12.5. The standard InChI is InChI=1S/C14H11F3O/c1-9-2-4-11(15)7-14(9)18-8-10-3-5-12(16)13(17)6-10/h2-7H,8H2,1H3. The molecule has 2 aromatic carbocycles. The molecule has 2 aromatic rings. The minimum atomic E-state index is -0.924. The monoisotopic (exact) mass is 252 g/mol. The van der Waals surface area contributed by atoms with Gasteiger partial charge in [0.2, 0.25) is 0 Å². The summed E-state index contributed by atoms with van der Waals surface area (Å²) in [5.74, 6) is -1.84. The summed E-state index contributed by atoms with van der Waals surface area (Å²) < 4.78 is 44.0. The predicted octanol–water partition coefficient (Wildman–Crippen LogP) is 3.99. The second kappa shape index (κ2) is 5.12. The highest BCUT2D eigenvalue weighted by Gasteiger charge is 2.05. The Hall–Kier alpha value is -1.97. The molecule has 2 rings (SSSR count). The number of aryl methyl sites for hydroxylation is 1. The van der Waals surface area contributed by atoms with E-state index in [9.17, 15) is 13.2 Å². The molecule has 94 valence electrons. The maximum Gasteiger partial charge on any atom is 0.159 e. The van der Waals surface area contributed by atoms with Crippen molar-refractivity contribution >= 4 is 0 Å². The number of hydrogen-bond acceptors (Lipinski definition) is 1. The third-order valence-corrected chi connectivity index (χ3v) is 2.53. The first-order chi connectivity index (χ1) is 8.56. The van der Waals surface area contributed by atoms with E-state index in [4.69, 9.17) is 4.74 Å². The van der Waals surface area contributed by atoms with Crippen LogP contribution in [0.4, 0.5) is 13.2 Å². The van der Waals surface area contributed by atoms with Crippen molar-refractivity contribution in [3.63, 3.8) is 0 Å². The zero-order valence-corrected chi connectivity index (χ0v) is 9.71. The third kappa shape index (κ3) is 2.83. The summed E-state index contributed by atoms with van der Waals surface area (Å²) in [6, 6.07) is 7.70. The van der Waals surface area contributed by atoms with Gasteiger partial charge >= 0.3 is 0 Å². The van der Waals surface area contributed by atoms with Crippen LogP contribution in [-0.4, -0.2) is 0 Å². The Labute approximate surface area is 103 Å². The van der Waals surface area contributed by atoms with Crippen molar-refractivity contribution in [3.05, 3.63) is 65.0 Å². The Bertz CT molecular complexity index is 567. The average molecular weight is 252 g/mol. The van der Waals surface area contributed by atoms with Crippen molar-refractivity contribution in [2.24, 2.45) is 0 Å². The van der Waals surface area contributed by atoms with Crippen molar-refractivity contribution < 1.29 is 17.9 Å². The Morgan fingerprint density at radius 3 is 2.44 bits per heavy atom. The Balaban J connectivity index is 2.11. The Morgan fingerprint density at radius 2 is 1.72 bits per heavy atom. The van der Waals surface area contributed by atoms with Gasteiger partial charge in [0.05, 0.1) is 0 Å². The summed E-state index contributed by atoms with van der Waals surface area (Å²) in [6.45, 7) is 1.83. The van der Waals surface area contributed by atoms with Crippen LogP contribution in [0.3, 0.4) is 0 Å². The number of rotatable bonds is 3. The molecular formula is C14H11F3O. The van der Waals surface area contributed by atoms with E-state index >= 15 is 0 Å². The van der Waals surface area contributed by atoms with E-state index in [-0.39, 0.29) is 6.61 Å². The summed E-state index contributed by atoms with van der Waals surface area (Å²) >= 11 is 0. The van der Waals surface area contributed by atoms with Crippen LogP contribution in [0.1, 0.15) is 11.1 Å². The number of halogens is 3.